The molecular weight excluding hydrogens is 653 g/mol. The number of allylic oxidation sites excluding steroid dienone is 2. The molecule has 2 aromatic heterocycles. The Morgan fingerprint density at radius 3 is 2.10 bits per heavy atom. The zero-order chi connectivity index (χ0) is 34.2. The van der Waals surface area contributed by atoms with Gasteiger partial charge in [0, 0.05) is 71.2 Å². The summed E-state index contributed by atoms with van der Waals surface area (Å²) in [5, 5.41) is 5.11. The Bertz CT molecular complexity index is 2900. The van der Waals surface area contributed by atoms with Gasteiger partial charge in [0.2, 0.25) is 0 Å². The van der Waals surface area contributed by atoms with E-state index in [1.165, 1.54) is 58.7 Å². The Morgan fingerprint density at radius 1 is 0.500 bits per heavy atom. The first-order valence-corrected chi connectivity index (χ1v) is 18.6. The highest BCUT2D eigenvalue weighted by atomic mass is 32.1. The van der Waals surface area contributed by atoms with Crippen molar-refractivity contribution in [1.82, 2.24) is 4.57 Å². The lowest BCUT2D eigenvalue weighted by Crippen LogP contribution is -2.15. The van der Waals surface area contributed by atoms with Crippen LogP contribution in [0, 0.1) is 0 Å². The topological polar surface area (TPSA) is 17.4 Å². The molecule has 3 nitrogen and oxygen atoms in total. The van der Waals surface area contributed by atoms with Crippen molar-refractivity contribution in [3.63, 3.8) is 0 Å². The van der Waals surface area contributed by atoms with Gasteiger partial charge in [-0.25, -0.2) is 0 Å². The van der Waals surface area contributed by atoms with Crippen LogP contribution >= 0.6 is 11.3 Å². The van der Waals surface area contributed by atoms with Gasteiger partial charge in [-0.3, -0.25) is 0 Å². The number of aromatic nitrogens is 1. The molecule has 3 heterocycles. The van der Waals surface area contributed by atoms with Gasteiger partial charge in [0.1, 0.15) is 11.9 Å². The fourth-order valence-corrected chi connectivity index (χ4v) is 9.36. The van der Waals surface area contributed by atoms with Gasteiger partial charge in [-0.1, -0.05) is 103 Å². The molecule has 0 fully saturated rings. The van der Waals surface area contributed by atoms with Crippen LogP contribution in [0.25, 0.3) is 58.8 Å². The average molecular weight is 685 g/mol. The van der Waals surface area contributed by atoms with Crippen molar-refractivity contribution >= 4 is 70.4 Å². The molecule has 1 aliphatic carbocycles. The molecule has 0 amide bonds. The summed E-state index contributed by atoms with van der Waals surface area (Å²) >= 11 is 1.86. The van der Waals surface area contributed by atoms with Gasteiger partial charge in [-0.05, 0) is 83.9 Å². The van der Waals surface area contributed by atoms with Crippen LogP contribution in [0.15, 0.2) is 182 Å². The zero-order valence-electron chi connectivity index (χ0n) is 28.2. The fraction of sp³-hybridized carbons (Fsp3) is 0.0417. The Hall–Kier alpha value is -6.36. The van der Waals surface area contributed by atoms with Gasteiger partial charge in [0.25, 0.3) is 0 Å². The van der Waals surface area contributed by atoms with E-state index in [4.69, 9.17) is 4.74 Å². The Labute approximate surface area is 305 Å². The van der Waals surface area contributed by atoms with Gasteiger partial charge in [-0.2, -0.15) is 0 Å². The number of anilines is 3. The van der Waals surface area contributed by atoms with Crippen LogP contribution in [0.3, 0.4) is 0 Å². The summed E-state index contributed by atoms with van der Waals surface area (Å²) in [6.07, 6.45) is 8.66. The molecule has 2 atom stereocenters. The molecular formula is C48H32N2OS. The number of fused-ring (bicyclic) bond motifs is 9. The van der Waals surface area contributed by atoms with E-state index in [1.807, 2.05) is 11.3 Å². The molecule has 11 rings (SSSR count). The van der Waals surface area contributed by atoms with E-state index < -0.39 is 0 Å². The van der Waals surface area contributed by atoms with Gasteiger partial charge in [-0.15, -0.1) is 11.3 Å². The van der Waals surface area contributed by atoms with Gasteiger partial charge < -0.3 is 14.2 Å². The molecule has 7 aromatic carbocycles. The summed E-state index contributed by atoms with van der Waals surface area (Å²) in [5.41, 5.74) is 10.4. The molecule has 1 aliphatic heterocycles. The maximum atomic E-state index is 6.53. The van der Waals surface area contributed by atoms with Gasteiger partial charge in [0.05, 0.1) is 11.0 Å². The third-order valence-electron chi connectivity index (χ3n) is 10.7. The van der Waals surface area contributed by atoms with E-state index >= 15 is 0 Å². The maximum Gasteiger partial charge on any atom is 0.128 e. The highest BCUT2D eigenvalue weighted by molar-refractivity contribution is 7.25. The van der Waals surface area contributed by atoms with Crippen molar-refractivity contribution in [3.05, 3.63) is 188 Å². The van der Waals surface area contributed by atoms with Crippen LogP contribution in [0.1, 0.15) is 11.5 Å². The highest BCUT2D eigenvalue weighted by Gasteiger charge is 2.32. The number of hydrogen-bond donors (Lipinski definition) is 0. The average Bonchev–Trinajstić information content (AvgIpc) is 3.87. The van der Waals surface area contributed by atoms with E-state index in [0.29, 0.717) is 0 Å². The number of hydrogen-bond acceptors (Lipinski definition) is 3. The molecule has 4 heteroatoms. The summed E-state index contributed by atoms with van der Waals surface area (Å²) in [7, 11) is 0. The minimum absolute atomic E-state index is 0.0404. The minimum Gasteiger partial charge on any atom is -0.485 e. The van der Waals surface area contributed by atoms with Crippen molar-refractivity contribution in [2.75, 3.05) is 4.90 Å². The first-order chi connectivity index (χ1) is 25.8. The molecule has 2 aliphatic rings. The van der Waals surface area contributed by atoms with Crippen LogP contribution < -0.4 is 9.64 Å². The standard InChI is InChI=1S/C48H32N2OS/c1-2-10-33(11-3-1)50-43-15-7-4-12-37(43)38-25-23-35(29-44(38)50)49(36-24-26-40-39-13-5-8-16-45(39)51-46(40)30-36)34-21-18-31(19-22-34)32-20-27-48-42(28-32)41-14-6-9-17-47(41)52-48/h1-30,39,45H. The smallest absolute Gasteiger partial charge is 0.128 e. The summed E-state index contributed by atoms with van der Waals surface area (Å²) in [4.78, 5) is 2.36. The number of thiophene rings is 1. The van der Waals surface area contributed by atoms with Crippen LogP contribution in [0.2, 0.25) is 0 Å². The molecule has 246 valence electrons. The van der Waals surface area contributed by atoms with Gasteiger partial charge >= 0.3 is 0 Å². The molecule has 0 spiro atoms. The number of nitrogens with zero attached hydrogens (tertiary/aromatic N) is 2. The number of rotatable bonds is 5. The molecule has 0 N–H and O–H groups in total. The summed E-state index contributed by atoms with van der Waals surface area (Å²) < 4.78 is 11.6. The minimum atomic E-state index is 0.0404. The van der Waals surface area contributed by atoms with E-state index in [9.17, 15) is 0 Å². The third-order valence-corrected chi connectivity index (χ3v) is 11.9. The van der Waals surface area contributed by atoms with Crippen molar-refractivity contribution in [2.24, 2.45) is 0 Å². The molecule has 9 aromatic rings. The number of benzene rings is 7. The fourth-order valence-electron chi connectivity index (χ4n) is 8.28. The first-order valence-electron chi connectivity index (χ1n) is 17.8. The second-order valence-electron chi connectivity index (χ2n) is 13.7. The van der Waals surface area contributed by atoms with Crippen molar-refractivity contribution < 1.29 is 4.74 Å². The summed E-state index contributed by atoms with van der Waals surface area (Å²) in [6, 6.07) is 57.5. The Morgan fingerprint density at radius 2 is 1.19 bits per heavy atom. The molecule has 0 radical (unpaired) electrons. The monoisotopic (exact) mass is 684 g/mol. The van der Waals surface area contributed by atoms with Crippen molar-refractivity contribution in [2.45, 2.75) is 12.0 Å². The summed E-state index contributed by atoms with van der Waals surface area (Å²) in [5.74, 6) is 1.19. The predicted molar refractivity (Wildman–Crippen MR) is 219 cm³/mol. The largest absolute Gasteiger partial charge is 0.485 e. The lowest BCUT2D eigenvalue weighted by Gasteiger charge is -2.26. The maximum absolute atomic E-state index is 6.53. The van der Waals surface area contributed by atoms with Crippen LogP contribution in [-0.4, -0.2) is 10.7 Å². The molecule has 52 heavy (non-hydrogen) atoms. The second-order valence-corrected chi connectivity index (χ2v) is 14.8. The third kappa shape index (κ3) is 4.58. The molecule has 2 unspecified atom stereocenters. The highest BCUT2D eigenvalue weighted by Crippen LogP contribution is 2.46. The first kappa shape index (κ1) is 29.4. The zero-order valence-corrected chi connectivity index (χ0v) is 29.0. The van der Waals surface area contributed by atoms with E-state index in [1.54, 1.807) is 0 Å². The van der Waals surface area contributed by atoms with Gasteiger partial charge in [0.15, 0.2) is 0 Å². The number of ether oxygens (including phenoxy) is 1. The summed E-state index contributed by atoms with van der Waals surface area (Å²) in [6.45, 7) is 0. The van der Waals surface area contributed by atoms with E-state index in [-0.39, 0.29) is 12.0 Å². The lowest BCUT2D eigenvalue weighted by molar-refractivity contribution is 0.269. The van der Waals surface area contributed by atoms with Crippen LogP contribution in [-0.2, 0) is 0 Å². The van der Waals surface area contributed by atoms with Crippen molar-refractivity contribution in [1.29, 1.82) is 0 Å². The molecule has 0 bridgehead atoms. The van der Waals surface area contributed by atoms with Crippen LogP contribution in [0.5, 0.6) is 5.75 Å². The predicted octanol–water partition coefficient (Wildman–Crippen LogP) is 13.3. The Balaban J connectivity index is 1.07. The quantitative estimate of drug-likeness (QED) is 0.180. The Kier molecular flexibility index (Phi) is 6.55. The molecule has 0 saturated carbocycles. The van der Waals surface area contributed by atoms with Crippen molar-refractivity contribution in [3.8, 4) is 22.6 Å². The normalized spacial score (nSPS) is 16.1. The van der Waals surface area contributed by atoms with Crippen LogP contribution in [0.4, 0.5) is 17.1 Å². The second kappa shape index (κ2) is 11.6. The van der Waals surface area contributed by atoms with E-state index in [0.717, 1.165) is 28.5 Å². The lowest BCUT2D eigenvalue weighted by atomic mass is 9.92. The van der Waals surface area contributed by atoms with E-state index in [2.05, 4.69) is 191 Å². The SMILES string of the molecule is C1=CC2Oc3cc(N(c4ccc(-c5ccc6sc7ccccc7c6c5)cc4)c4ccc5c6ccccc6n(-c6ccccc6)c5c4)ccc3C2C=C1. The molecule has 0 saturated heterocycles. The number of para-hydroxylation sites is 2.